The molecule has 0 saturated carbocycles. The summed E-state index contributed by atoms with van der Waals surface area (Å²) in [5.74, 6) is 0.393. The van der Waals surface area contributed by atoms with E-state index in [-0.39, 0.29) is 17.4 Å². The van der Waals surface area contributed by atoms with Gasteiger partial charge in [-0.1, -0.05) is 11.6 Å². The number of carbonyl (C=O) groups is 1. The van der Waals surface area contributed by atoms with Crippen LogP contribution in [-0.2, 0) is 6.61 Å². The highest BCUT2D eigenvalue weighted by Gasteiger charge is 2.13. The van der Waals surface area contributed by atoms with Crippen molar-refractivity contribution in [3.63, 3.8) is 0 Å². The van der Waals surface area contributed by atoms with Crippen molar-refractivity contribution in [1.82, 2.24) is 4.98 Å². The van der Waals surface area contributed by atoms with Crippen LogP contribution < -0.4 is 10.1 Å². The molecule has 2 aromatic heterocycles. The molecule has 0 atom stereocenters. The highest BCUT2D eigenvalue weighted by molar-refractivity contribution is 9.10. The average molecular weight is 426 g/mol. The van der Waals surface area contributed by atoms with Crippen LogP contribution in [0.4, 0.5) is 10.2 Å². The first kappa shape index (κ1) is 17.4. The van der Waals surface area contributed by atoms with Crippen LogP contribution in [0.25, 0.3) is 0 Å². The lowest BCUT2D eigenvalue weighted by atomic mass is 10.3. The number of rotatable bonds is 5. The number of anilines is 1. The number of nitrogens with zero attached hydrogens (tertiary/aromatic N) is 1. The predicted octanol–water partition coefficient (Wildman–Crippen LogP) is 5.06. The Balaban J connectivity index is 1.61. The molecule has 0 aliphatic rings. The number of nitrogens with one attached hydrogen (secondary N) is 1. The average Bonchev–Trinajstić information content (AvgIpc) is 3.05. The minimum Gasteiger partial charge on any atom is -0.484 e. The number of hydrogen-bond donors (Lipinski definition) is 1. The first-order valence-electron chi connectivity index (χ1n) is 7.11. The van der Waals surface area contributed by atoms with E-state index in [2.05, 4.69) is 26.2 Å². The molecule has 0 fully saturated rings. The van der Waals surface area contributed by atoms with Crippen LogP contribution in [0.3, 0.4) is 0 Å². The molecule has 1 N–H and O–H groups in total. The summed E-state index contributed by atoms with van der Waals surface area (Å²) in [5, 5.41) is 2.78. The number of halogens is 3. The van der Waals surface area contributed by atoms with Crippen LogP contribution >= 0.6 is 27.5 Å². The predicted molar refractivity (Wildman–Crippen MR) is 94.3 cm³/mol. The van der Waals surface area contributed by atoms with Crippen molar-refractivity contribution in [1.29, 1.82) is 0 Å². The number of pyridine rings is 1. The molecule has 0 aliphatic carbocycles. The molecule has 128 valence electrons. The SMILES string of the molecule is O=C(Nc1ccc(Br)cn1)c1ccc(COc2ccc(F)cc2Cl)o1. The maximum atomic E-state index is 13.0. The van der Waals surface area contributed by atoms with Crippen molar-refractivity contribution in [2.75, 3.05) is 5.32 Å². The van der Waals surface area contributed by atoms with Gasteiger partial charge >= 0.3 is 0 Å². The Morgan fingerprint density at radius 2 is 2.12 bits per heavy atom. The van der Waals surface area contributed by atoms with Crippen LogP contribution in [0.5, 0.6) is 5.75 Å². The van der Waals surface area contributed by atoms with E-state index in [9.17, 15) is 9.18 Å². The molecule has 1 aromatic carbocycles. The fourth-order valence-electron chi connectivity index (χ4n) is 1.95. The number of ether oxygens (including phenoxy) is 1. The minimum absolute atomic E-state index is 0.0508. The molecule has 3 aromatic rings. The summed E-state index contributed by atoms with van der Waals surface area (Å²) in [6.07, 6.45) is 1.57. The largest absolute Gasteiger partial charge is 0.484 e. The van der Waals surface area contributed by atoms with Gasteiger partial charge in [0.25, 0.3) is 5.91 Å². The zero-order valence-corrected chi connectivity index (χ0v) is 15.0. The second-order valence-corrected chi connectivity index (χ2v) is 6.27. The fourth-order valence-corrected chi connectivity index (χ4v) is 2.40. The first-order chi connectivity index (χ1) is 12.0. The standard InChI is InChI=1S/C17H11BrClFN2O3/c18-10-1-6-16(21-8-10)22-17(23)15-5-3-12(25-15)9-24-14-4-2-11(20)7-13(14)19/h1-8H,9H2,(H,21,22,23). The minimum atomic E-state index is -0.448. The summed E-state index contributed by atoms with van der Waals surface area (Å²) in [5.41, 5.74) is 0. The molecule has 0 saturated heterocycles. The van der Waals surface area contributed by atoms with Crippen molar-refractivity contribution < 1.29 is 18.3 Å². The molecule has 2 heterocycles. The van der Waals surface area contributed by atoms with Crippen LogP contribution in [-0.4, -0.2) is 10.9 Å². The zero-order chi connectivity index (χ0) is 17.8. The maximum Gasteiger partial charge on any atom is 0.292 e. The Kier molecular flexibility index (Phi) is 5.35. The summed E-state index contributed by atoms with van der Waals surface area (Å²) in [7, 11) is 0. The van der Waals surface area contributed by atoms with Crippen LogP contribution in [0.1, 0.15) is 16.3 Å². The van der Waals surface area contributed by atoms with Gasteiger partial charge in [-0.15, -0.1) is 0 Å². The van der Waals surface area contributed by atoms with Gasteiger partial charge < -0.3 is 14.5 Å². The molecule has 3 rings (SSSR count). The molecule has 0 bridgehead atoms. The van der Waals surface area contributed by atoms with E-state index in [1.807, 2.05) is 0 Å². The van der Waals surface area contributed by atoms with Crippen LogP contribution in [0.15, 0.2) is 57.6 Å². The second-order valence-electron chi connectivity index (χ2n) is 4.95. The smallest absolute Gasteiger partial charge is 0.292 e. The Morgan fingerprint density at radius 3 is 2.84 bits per heavy atom. The van der Waals surface area contributed by atoms with E-state index in [0.29, 0.717) is 17.3 Å². The number of carbonyl (C=O) groups excluding carboxylic acids is 1. The maximum absolute atomic E-state index is 13.0. The molecule has 0 radical (unpaired) electrons. The summed E-state index contributed by atoms with van der Waals surface area (Å²) in [6, 6.07) is 10.4. The molecular formula is C17H11BrClFN2O3. The molecule has 0 aliphatic heterocycles. The Hall–Kier alpha value is -2.38. The Bertz CT molecular complexity index is 899. The monoisotopic (exact) mass is 424 g/mol. The van der Waals surface area contributed by atoms with Gasteiger partial charge in [-0.2, -0.15) is 0 Å². The highest BCUT2D eigenvalue weighted by atomic mass is 79.9. The molecular weight excluding hydrogens is 415 g/mol. The second kappa shape index (κ2) is 7.67. The van der Waals surface area contributed by atoms with E-state index in [1.165, 1.54) is 18.2 Å². The van der Waals surface area contributed by atoms with Crippen LogP contribution in [0, 0.1) is 5.82 Å². The lowest BCUT2D eigenvalue weighted by Crippen LogP contribution is -2.11. The molecule has 25 heavy (non-hydrogen) atoms. The lowest BCUT2D eigenvalue weighted by Gasteiger charge is -2.06. The van der Waals surface area contributed by atoms with Crippen LogP contribution in [0.2, 0.25) is 5.02 Å². The molecule has 1 amide bonds. The third kappa shape index (κ3) is 4.58. The molecule has 0 unspecified atom stereocenters. The quantitative estimate of drug-likeness (QED) is 0.620. The zero-order valence-electron chi connectivity index (χ0n) is 12.6. The summed E-state index contributed by atoms with van der Waals surface area (Å²) in [6.45, 7) is 0.0508. The lowest BCUT2D eigenvalue weighted by molar-refractivity contribution is 0.0992. The van der Waals surface area contributed by atoms with Gasteiger partial charge in [-0.05, 0) is 58.4 Å². The summed E-state index contributed by atoms with van der Waals surface area (Å²) >= 11 is 9.15. The third-order valence-corrected chi connectivity index (χ3v) is 3.88. The molecule has 8 heteroatoms. The topological polar surface area (TPSA) is 64.4 Å². The van der Waals surface area contributed by atoms with Crippen molar-refractivity contribution in [2.45, 2.75) is 6.61 Å². The van der Waals surface area contributed by atoms with Crippen molar-refractivity contribution in [2.24, 2.45) is 0 Å². The summed E-state index contributed by atoms with van der Waals surface area (Å²) in [4.78, 5) is 16.2. The number of amides is 1. The van der Waals surface area contributed by atoms with Crippen molar-refractivity contribution in [3.8, 4) is 5.75 Å². The summed E-state index contributed by atoms with van der Waals surface area (Å²) < 4.78 is 24.7. The normalized spacial score (nSPS) is 10.5. The number of benzene rings is 1. The van der Waals surface area contributed by atoms with E-state index in [4.69, 9.17) is 20.8 Å². The van der Waals surface area contributed by atoms with E-state index < -0.39 is 11.7 Å². The molecule has 0 spiro atoms. The van der Waals surface area contributed by atoms with Gasteiger partial charge in [0, 0.05) is 10.7 Å². The first-order valence-corrected chi connectivity index (χ1v) is 8.28. The highest BCUT2D eigenvalue weighted by Crippen LogP contribution is 2.26. The number of furan rings is 1. The third-order valence-electron chi connectivity index (χ3n) is 3.12. The fraction of sp³-hybridized carbons (Fsp3) is 0.0588. The van der Waals surface area contributed by atoms with E-state index in [0.717, 1.165) is 10.5 Å². The van der Waals surface area contributed by atoms with Gasteiger partial charge in [0.2, 0.25) is 0 Å². The Morgan fingerprint density at radius 1 is 1.28 bits per heavy atom. The number of hydrogen-bond acceptors (Lipinski definition) is 4. The number of aromatic nitrogens is 1. The van der Waals surface area contributed by atoms with Crippen molar-refractivity contribution in [3.05, 3.63) is 75.5 Å². The van der Waals surface area contributed by atoms with Gasteiger partial charge in [0.15, 0.2) is 5.76 Å². The van der Waals surface area contributed by atoms with Crippen molar-refractivity contribution >= 4 is 39.3 Å². The van der Waals surface area contributed by atoms with Gasteiger partial charge in [0.1, 0.15) is 29.8 Å². The Labute approximate surface area is 155 Å². The van der Waals surface area contributed by atoms with Gasteiger partial charge in [0.05, 0.1) is 5.02 Å². The van der Waals surface area contributed by atoms with E-state index in [1.54, 1.807) is 24.4 Å². The van der Waals surface area contributed by atoms with Gasteiger partial charge in [-0.25, -0.2) is 9.37 Å². The van der Waals surface area contributed by atoms with E-state index >= 15 is 0 Å². The molecule has 5 nitrogen and oxygen atoms in total. The van der Waals surface area contributed by atoms with Gasteiger partial charge in [-0.3, -0.25) is 4.79 Å².